The van der Waals surface area contributed by atoms with Crippen molar-refractivity contribution in [3.05, 3.63) is 0 Å². The van der Waals surface area contributed by atoms with E-state index >= 15 is 0 Å². The van der Waals surface area contributed by atoms with E-state index in [-0.39, 0.29) is 12.1 Å². The van der Waals surface area contributed by atoms with E-state index in [1.165, 1.54) is 6.42 Å². The number of amides is 1. The highest BCUT2D eigenvalue weighted by Crippen LogP contribution is 2.21. The van der Waals surface area contributed by atoms with Crippen LogP contribution in [-0.2, 0) is 4.74 Å². The van der Waals surface area contributed by atoms with Gasteiger partial charge in [-0.25, -0.2) is 4.79 Å². The molecule has 0 aliphatic carbocycles. The smallest absolute Gasteiger partial charge is 0.410 e. The molecule has 0 spiro atoms. The molecule has 0 aromatic carbocycles. The number of piperidine rings is 1. The van der Waals surface area contributed by atoms with E-state index in [0.717, 1.165) is 25.8 Å². The van der Waals surface area contributed by atoms with Crippen LogP contribution >= 0.6 is 0 Å². The number of hydrogen-bond acceptors (Lipinski definition) is 3. The van der Waals surface area contributed by atoms with Gasteiger partial charge in [-0.15, -0.1) is 0 Å². The van der Waals surface area contributed by atoms with Crippen LogP contribution in [0, 0.1) is 0 Å². The van der Waals surface area contributed by atoms with Crippen molar-refractivity contribution in [1.82, 2.24) is 4.90 Å². The molecule has 1 heterocycles. The first-order chi connectivity index (χ1) is 7.44. The Balaban J connectivity index is 2.57. The molecule has 0 unspecified atom stereocenters. The van der Waals surface area contributed by atoms with Gasteiger partial charge >= 0.3 is 6.09 Å². The maximum atomic E-state index is 12.0. The second-order valence-electron chi connectivity index (χ2n) is 5.40. The minimum absolute atomic E-state index is 0.189. The van der Waals surface area contributed by atoms with Crippen molar-refractivity contribution in [2.75, 3.05) is 13.1 Å². The number of hydrogen-bond donors (Lipinski definition) is 1. The summed E-state index contributed by atoms with van der Waals surface area (Å²) in [6.07, 6.45) is 3.99. The maximum Gasteiger partial charge on any atom is 0.410 e. The van der Waals surface area contributed by atoms with Crippen LogP contribution in [0.1, 0.15) is 46.5 Å². The Morgan fingerprint density at radius 2 is 2.12 bits per heavy atom. The maximum absolute atomic E-state index is 12.0. The van der Waals surface area contributed by atoms with Gasteiger partial charge in [-0.2, -0.15) is 0 Å². The van der Waals surface area contributed by atoms with E-state index in [4.69, 9.17) is 10.5 Å². The molecule has 1 aliphatic heterocycles. The lowest BCUT2D eigenvalue weighted by Crippen LogP contribution is -2.46. The van der Waals surface area contributed by atoms with Gasteiger partial charge in [0.2, 0.25) is 0 Å². The highest BCUT2D eigenvalue weighted by molar-refractivity contribution is 5.68. The Hall–Kier alpha value is -0.770. The average molecular weight is 228 g/mol. The second kappa shape index (κ2) is 5.53. The summed E-state index contributed by atoms with van der Waals surface area (Å²) >= 11 is 0. The minimum atomic E-state index is -0.415. The number of ether oxygens (including phenoxy) is 1. The van der Waals surface area contributed by atoms with Gasteiger partial charge in [-0.3, -0.25) is 0 Å². The Morgan fingerprint density at radius 1 is 1.44 bits per heavy atom. The summed E-state index contributed by atoms with van der Waals surface area (Å²) < 4.78 is 5.40. The van der Waals surface area contributed by atoms with Crippen LogP contribution < -0.4 is 5.73 Å². The summed E-state index contributed by atoms with van der Waals surface area (Å²) in [7, 11) is 0. The highest BCUT2D eigenvalue weighted by Gasteiger charge is 2.29. The molecular weight excluding hydrogens is 204 g/mol. The summed E-state index contributed by atoms with van der Waals surface area (Å²) in [5.41, 5.74) is 5.16. The first-order valence-corrected chi connectivity index (χ1v) is 6.14. The van der Waals surface area contributed by atoms with Crippen molar-refractivity contribution in [1.29, 1.82) is 0 Å². The number of nitrogens with zero attached hydrogens (tertiary/aromatic N) is 1. The van der Waals surface area contributed by atoms with E-state index in [9.17, 15) is 4.79 Å². The van der Waals surface area contributed by atoms with E-state index < -0.39 is 5.60 Å². The number of nitrogens with two attached hydrogens (primary N) is 1. The topological polar surface area (TPSA) is 55.6 Å². The number of rotatable bonds is 2. The summed E-state index contributed by atoms with van der Waals surface area (Å²) in [5.74, 6) is 0. The van der Waals surface area contributed by atoms with Crippen molar-refractivity contribution >= 4 is 6.09 Å². The molecule has 0 saturated carbocycles. The zero-order valence-corrected chi connectivity index (χ0v) is 10.7. The first kappa shape index (κ1) is 13.3. The van der Waals surface area contributed by atoms with Gasteiger partial charge in [0.15, 0.2) is 0 Å². The van der Waals surface area contributed by atoms with Gasteiger partial charge in [0.25, 0.3) is 0 Å². The molecule has 1 amide bonds. The molecule has 4 heteroatoms. The molecule has 16 heavy (non-hydrogen) atoms. The van der Waals surface area contributed by atoms with Gasteiger partial charge in [0, 0.05) is 12.6 Å². The van der Waals surface area contributed by atoms with Crippen LogP contribution in [0.15, 0.2) is 0 Å². The van der Waals surface area contributed by atoms with Gasteiger partial charge in [-0.1, -0.05) is 0 Å². The zero-order valence-electron chi connectivity index (χ0n) is 10.7. The molecule has 2 N–H and O–H groups in total. The van der Waals surface area contributed by atoms with Crippen LogP contribution in [0.25, 0.3) is 0 Å². The molecule has 1 saturated heterocycles. The average Bonchev–Trinajstić information content (AvgIpc) is 2.16. The number of carbonyl (C=O) groups excluding carboxylic acids is 1. The van der Waals surface area contributed by atoms with Crippen LogP contribution in [0.2, 0.25) is 0 Å². The van der Waals surface area contributed by atoms with E-state index in [2.05, 4.69) is 0 Å². The molecule has 0 bridgehead atoms. The molecular formula is C12H24N2O2. The molecule has 4 nitrogen and oxygen atoms in total. The SMILES string of the molecule is CC(C)(C)OC(=O)N1CCCC[C@H]1CCN. The lowest BCUT2D eigenvalue weighted by Gasteiger charge is -2.36. The largest absolute Gasteiger partial charge is 0.444 e. The second-order valence-corrected chi connectivity index (χ2v) is 5.40. The van der Waals surface area contributed by atoms with E-state index in [0.29, 0.717) is 6.54 Å². The summed E-state index contributed by atoms with van der Waals surface area (Å²) in [6.45, 7) is 7.12. The van der Waals surface area contributed by atoms with E-state index in [1.54, 1.807) is 0 Å². The van der Waals surface area contributed by atoms with Gasteiger partial charge < -0.3 is 15.4 Å². The third kappa shape index (κ3) is 4.00. The fourth-order valence-electron chi connectivity index (χ4n) is 2.05. The highest BCUT2D eigenvalue weighted by atomic mass is 16.6. The van der Waals surface area contributed by atoms with Crippen LogP contribution in [0.4, 0.5) is 4.79 Å². The molecule has 0 aromatic rings. The molecule has 1 fully saturated rings. The van der Waals surface area contributed by atoms with Crippen molar-refractivity contribution in [2.45, 2.75) is 58.1 Å². The normalized spacial score (nSPS) is 22.0. The molecule has 1 atom stereocenters. The van der Waals surface area contributed by atoms with Crippen molar-refractivity contribution in [3.8, 4) is 0 Å². The fourth-order valence-corrected chi connectivity index (χ4v) is 2.05. The zero-order chi connectivity index (χ0) is 12.2. The Bertz CT molecular complexity index is 234. The Morgan fingerprint density at radius 3 is 2.69 bits per heavy atom. The Labute approximate surface area is 98.1 Å². The molecule has 0 aromatic heterocycles. The lowest BCUT2D eigenvalue weighted by atomic mass is 10.00. The number of likely N-dealkylation sites (tertiary alicyclic amines) is 1. The van der Waals surface area contributed by atoms with Crippen LogP contribution in [0.5, 0.6) is 0 Å². The van der Waals surface area contributed by atoms with Crippen LogP contribution in [0.3, 0.4) is 0 Å². The van der Waals surface area contributed by atoms with Crippen molar-refractivity contribution in [3.63, 3.8) is 0 Å². The molecule has 94 valence electrons. The van der Waals surface area contributed by atoms with Crippen molar-refractivity contribution in [2.24, 2.45) is 5.73 Å². The van der Waals surface area contributed by atoms with Gasteiger partial charge in [-0.05, 0) is 53.0 Å². The lowest BCUT2D eigenvalue weighted by molar-refractivity contribution is 0.00919. The molecule has 1 rings (SSSR count). The quantitative estimate of drug-likeness (QED) is 0.787. The summed E-state index contributed by atoms with van der Waals surface area (Å²) in [6, 6.07) is 0.272. The standard InChI is InChI=1S/C12H24N2O2/c1-12(2,3)16-11(15)14-9-5-4-6-10(14)7-8-13/h10H,4-9,13H2,1-3H3/t10-/m0/s1. The fraction of sp³-hybridized carbons (Fsp3) is 0.917. The van der Waals surface area contributed by atoms with Gasteiger partial charge in [0.05, 0.1) is 0 Å². The predicted octanol–water partition coefficient (Wildman–Crippen LogP) is 2.12. The monoisotopic (exact) mass is 228 g/mol. The predicted molar refractivity (Wildman–Crippen MR) is 64.3 cm³/mol. The molecule has 0 radical (unpaired) electrons. The molecule has 1 aliphatic rings. The minimum Gasteiger partial charge on any atom is -0.444 e. The first-order valence-electron chi connectivity index (χ1n) is 6.14. The van der Waals surface area contributed by atoms with Gasteiger partial charge in [0.1, 0.15) is 5.60 Å². The summed E-state index contributed by atoms with van der Waals surface area (Å²) in [4.78, 5) is 13.8. The summed E-state index contributed by atoms with van der Waals surface area (Å²) in [5, 5.41) is 0. The number of carbonyl (C=O) groups is 1. The van der Waals surface area contributed by atoms with Crippen LogP contribution in [-0.4, -0.2) is 35.7 Å². The third-order valence-electron chi connectivity index (χ3n) is 2.76. The third-order valence-corrected chi connectivity index (χ3v) is 2.76. The van der Waals surface area contributed by atoms with Crippen molar-refractivity contribution < 1.29 is 9.53 Å². The Kier molecular flexibility index (Phi) is 4.59. The van der Waals surface area contributed by atoms with E-state index in [1.807, 2.05) is 25.7 Å².